The molecule has 0 saturated heterocycles. The largest absolute Gasteiger partial charge is 0.493 e. The number of ether oxygens (including phenoxy) is 3. The molecule has 28 heavy (non-hydrogen) atoms. The van der Waals surface area contributed by atoms with Crippen LogP contribution in [0.2, 0.25) is 0 Å². The third-order valence-electron chi connectivity index (χ3n) is 4.11. The first kappa shape index (κ1) is 21.0. The number of carbonyl (C=O) groups excluding carboxylic acids is 2. The van der Waals surface area contributed by atoms with E-state index in [9.17, 15) is 9.59 Å². The summed E-state index contributed by atoms with van der Waals surface area (Å²) in [5, 5.41) is 0. The first-order valence-electron chi connectivity index (χ1n) is 8.97. The van der Waals surface area contributed by atoms with Crippen LogP contribution in [0.5, 0.6) is 11.5 Å². The van der Waals surface area contributed by atoms with E-state index in [0.29, 0.717) is 18.0 Å². The van der Waals surface area contributed by atoms with Crippen molar-refractivity contribution in [1.29, 1.82) is 0 Å². The van der Waals surface area contributed by atoms with Crippen LogP contribution in [0, 0.1) is 0 Å². The van der Waals surface area contributed by atoms with Crippen LogP contribution < -0.4 is 14.4 Å². The lowest BCUT2D eigenvalue weighted by Crippen LogP contribution is -2.39. The third-order valence-corrected chi connectivity index (χ3v) is 4.11. The highest BCUT2D eigenvalue weighted by Crippen LogP contribution is 2.28. The minimum Gasteiger partial charge on any atom is -0.493 e. The summed E-state index contributed by atoms with van der Waals surface area (Å²) in [5.74, 6) is 0.284. The Labute approximate surface area is 165 Å². The number of carbonyl (C=O) groups is 2. The number of rotatable bonds is 8. The third kappa shape index (κ3) is 5.36. The summed E-state index contributed by atoms with van der Waals surface area (Å²) in [5.41, 5.74) is 1.51. The Morgan fingerprint density at radius 2 is 1.71 bits per heavy atom. The van der Waals surface area contributed by atoms with Gasteiger partial charge in [0.05, 0.1) is 14.2 Å². The first-order valence-corrected chi connectivity index (χ1v) is 8.97. The van der Waals surface area contributed by atoms with E-state index in [-0.39, 0.29) is 5.91 Å². The molecule has 0 aliphatic carbocycles. The quantitative estimate of drug-likeness (QED) is 0.514. The molecular formula is C22H25NO5. The summed E-state index contributed by atoms with van der Waals surface area (Å²) < 4.78 is 15.7. The topological polar surface area (TPSA) is 65.1 Å². The molecule has 0 radical (unpaired) electrons. The lowest BCUT2D eigenvalue weighted by Gasteiger charge is -2.24. The fraction of sp³-hybridized carbons (Fsp3) is 0.273. The van der Waals surface area contributed by atoms with Gasteiger partial charge in [-0.05, 0) is 49.8 Å². The van der Waals surface area contributed by atoms with Crippen LogP contribution in [0.1, 0.15) is 19.4 Å². The Balaban J connectivity index is 2.01. The van der Waals surface area contributed by atoms with Gasteiger partial charge in [-0.25, -0.2) is 4.79 Å². The second-order valence-electron chi connectivity index (χ2n) is 5.94. The molecule has 0 aliphatic rings. The van der Waals surface area contributed by atoms with Gasteiger partial charge in [0.15, 0.2) is 17.6 Å². The molecule has 6 heteroatoms. The Hall–Kier alpha value is -3.28. The zero-order valence-corrected chi connectivity index (χ0v) is 16.5. The highest BCUT2D eigenvalue weighted by molar-refractivity contribution is 5.98. The number of likely N-dealkylation sites (N-methyl/N-ethyl adjacent to an activating group) is 1. The van der Waals surface area contributed by atoms with E-state index in [1.54, 1.807) is 50.3 Å². The number of para-hydroxylation sites is 1. The molecule has 0 aromatic heterocycles. The fourth-order valence-corrected chi connectivity index (χ4v) is 2.68. The fourth-order valence-electron chi connectivity index (χ4n) is 2.68. The Morgan fingerprint density at radius 1 is 1.04 bits per heavy atom. The Morgan fingerprint density at radius 3 is 2.32 bits per heavy atom. The van der Waals surface area contributed by atoms with E-state index in [0.717, 1.165) is 11.3 Å². The molecule has 2 rings (SSSR count). The second kappa shape index (κ2) is 10.2. The van der Waals surface area contributed by atoms with Gasteiger partial charge < -0.3 is 19.1 Å². The van der Waals surface area contributed by atoms with E-state index >= 15 is 0 Å². The molecule has 0 spiro atoms. The van der Waals surface area contributed by atoms with E-state index in [1.807, 2.05) is 37.3 Å². The molecule has 0 bridgehead atoms. The molecule has 0 heterocycles. The maximum absolute atomic E-state index is 12.6. The summed E-state index contributed by atoms with van der Waals surface area (Å²) in [6.45, 7) is 3.92. The van der Waals surface area contributed by atoms with Gasteiger partial charge in [0, 0.05) is 18.3 Å². The van der Waals surface area contributed by atoms with Gasteiger partial charge in [-0.3, -0.25) is 4.79 Å². The van der Waals surface area contributed by atoms with Gasteiger partial charge in [0.2, 0.25) is 0 Å². The molecule has 0 aliphatic heterocycles. The molecule has 0 fully saturated rings. The van der Waals surface area contributed by atoms with Crippen LogP contribution in [0.4, 0.5) is 5.69 Å². The van der Waals surface area contributed by atoms with Gasteiger partial charge in [-0.1, -0.05) is 24.3 Å². The van der Waals surface area contributed by atoms with Gasteiger partial charge in [0.1, 0.15) is 0 Å². The molecule has 0 unspecified atom stereocenters. The van der Waals surface area contributed by atoms with E-state index < -0.39 is 12.1 Å². The molecule has 0 saturated carbocycles. The number of hydrogen-bond acceptors (Lipinski definition) is 5. The number of hydrogen-bond donors (Lipinski definition) is 0. The maximum Gasteiger partial charge on any atom is 0.331 e. The van der Waals surface area contributed by atoms with Gasteiger partial charge in [-0.15, -0.1) is 0 Å². The highest BCUT2D eigenvalue weighted by atomic mass is 16.5. The summed E-state index contributed by atoms with van der Waals surface area (Å²) in [4.78, 5) is 26.3. The molecule has 1 amide bonds. The zero-order chi connectivity index (χ0) is 20.5. The number of amides is 1. The molecule has 2 aromatic rings. The van der Waals surface area contributed by atoms with Crippen molar-refractivity contribution in [1.82, 2.24) is 0 Å². The van der Waals surface area contributed by atoms with Crippen molar-refractivity contribution in [3.63, 3.8) is 0 Å². The number of anilines is 1. The molecule has 1 atom stereocenters. The summed E-state index contributed by atoms with van der Waals surface area (Å²) in [6, 6.07) is 14.5. The van der Waals surface area contributed by atoms with Crippen LogP contribution in [0.25, 0.3) is 6.08 Å². The molecule has 6 nitrogen and oxygen atoms in total. The minimum atomic E-state index is -0.900. The Bertz CT molecular complexity index is 832. The Kier molecular flexibility index (Phi) is 7.63. The highest BCUT2D eigenvalue weighted by Gasteiger charge is 2.23. The summed E-state index contributed by atoms with van der Waals surface area (Å²) >= 11 is 0. The van der Waals surface area contributed by atoms with Crippen molar-refractivity contribution in [3.8, 4) is 11.5 Å². The number of methoxy groups -OCH3 is 2. The monoisotopic (exact) mass is 383 g/mol. The van der Waals surface area contributed by atoms with Crippen molar-refractivity contribution in [3.05, 3.63) is 60.2 Å². The summed E-state index contributed by atoms with van der Waals surface area (Å²) in [7, 11) is 3.09. The average Bonchev–Trinajstić information content (AvgIpc) is 2.73. The average molecular weight is 383 g/mol. The lowest BCUT2D eigenvalue weighted by molar-refractivity contribution is -0.149. The number of esters is 1. The van der Waals surface area contributed by atoms with Gasteiger partial charge >= 0.3 is 5.97 Å². The van der Waals surface area contributed by atoms with Gasteiger partial charge in [0.25, 0.3) is 5.91 Å². The van der Waals surface area contributed by atoms with E-state index in [2.05, 4.69) is 0 Å². The lowest BCUT2D eigenvalue weighted by atomic mass is 10.2. The molecule has 0 N–H and O–H groups in total. The second-order valence-corrected chi connectivity index (χ2v) is 5.94. The smallest absolute Gasteiger partial charge is 0.331 e. The van der Waals surface area contributed by atoms with Crippen molar-refractivity contribution in [2.45, 2.75) is 20.0 Å². The van der Waals surface area contributed by atoms with Crippen molar-refractivity contribution in [2.75, 3.05) is 25.7 Å². The number of nitrogens with zero attached hydrogens (tertiary/aromatic N) is 1. The molecule has 148 valence electrons. The van der Waals surface area contributed by atoms with Crippen LogP contribution in [0.15, 0.2) is 54.6 Å². The van der Waals surface area contributed by atoms with Crippen LogP contribution in [-0.4, -0.2) is 38.7 Å². The standard InChI is InChI=1S/C22H25NO5/c1-5-23(18-9-7-6-8-10-18)22(25)16(2)28-21(24)14-12-17-11-13-19(26-3)20(15-17)27-4/h6-16H,5H2,1-4H3/b14-12+/t16-/m0/s1. The predicted octanol–water partition coefficient (Wildman–Crippen LogP) is 3.70. The maximum atomic E-state index is 12.6. The van der Waals surface area contributed by atoms with Crippen LogP contribution >= 0.6 is 0 Å². The van der Waals surface area contributed by atoms with Crippen LogP contribution in [-0.2, 0) is 14.3 Å². The normalized spacial score (nSPS) is 11.7. The van der Waals surface area contributed by atoms with E-state index in [1.165, 1.54) is 6.08 Å². The van der Waals surface area contributed by atoms with Crippen molar-refractivity contribution in [2.24, 2.45) is 0 Å². The predicted molar refractivity (Wildman–Crippen MR) is 109 cm³/mol. The minimum absolute atomic E-state index is 0.276. The number of benzene rings is 2. The van der Waals surface area contributed by atoms with Crippen molar-refractivity contribution >= 4 is 23.6 Å². The summed E-state index contributed by atoms with van der Waals surface area (Å²) in [6.07, 6.45) is 1.97. The SMILES string of the molecule is CCN(C(=O)[C@H](C)OC(=O)/C=C/c1ccc(OC)c(OC)c1)c1ccccc1. The first-order chi connectivity index (χ1) is 13.5. The van der Waals surface area contributed by atoms with E-state index in [4.69, 9.17) is 14.2 Å². The zero-order valence-electron chi connectivity index (χ0n) is 16.5. The molecule has 2 aromatic carbocycles. The molecular weight excluding hydrogens is 358 g/mol. The van der Waals surface area contributed by atoms with Gasteiger partial charge in [-0.2, -0.15) is 0 Å². The van der Waals surface area contributed by atoms with Crippen molar-refractivity contribution < 1.29 is 23.8 Å². The van der Waals surface area contributed by atoms with Crippen LogP contribution in [0.3, 0.4) is 0 Å².